The molecule has 0 radical (unpaired) electrons. The lowest BCUT2D eigenvalue weighted by Crippen LogP contribution is -2.12. The average Bonchev–Trinajstić information content (AvgIpc) is 2.81. The first kappa shape index (κ1) is 11.6. The largest absolute Gasteiger partial charge is 0.399 e. The van der Waals surface area contributed by atoms with Crippen LogP contribution >= 0.6 is 11.3 Å². The smallest absolute Gasteiger partial charge is 0.226 e. The van der Waals surface area contributed by atoms with Crippen molar-refractivity contribution in [3.63, 3.8) is 0 Å². The fourth-order valence-corrected chi connectivity index (χ4v) is 2.02. The molecule has 1 aromatic carbocycles. The van der Waals surface area contributed by atoms with E-state index in [0.29, 0.717) is 18.0 Å². The zero-order valence-electron chi connectivity index (χ0n) is 9.22. The van der Waals surface area contributed by atoms with Crippen molar-refractivity contribution in [2.24, 2.45) is 0 Å². The number of carbonyl (C=O) groups is 1. The second kappa shape index (κ2) is 5.45. The van der Waals surface area contributed by atoms with Crippen LogP contribution in [0.25, 0.3) is 0 Å². The molecule has 0 unspecified atom stereocenters. The first-order valence-corrected chi connectivity index (χ1v) is 6.16. The van der Waals surface area contributed by atoms with E-state index in [4.69, 9.17) is 5.73 Å². The highest BCUT2D eigenvalue weighted by Crippen LogP contribution is 2.14. The Balaban J connectivity index is 1.86. The molecule has 2 rings (SSSR count). The molecule has 17 heavy (non-hydrogen) atoms. The number of carbonyl (C=O) groups excluding carboxylic acids is 1. The Morgan fingerprint density at radius 2 is 2.24 bits per heavy atom. The molecule has 0 aliphatic heterocycles. The van der Waals surface area contributed by atoms with E-state index in [0.717, 1.165) is 11.3 Å². The minimum Gasteiger partial charge on any atom is -0.399 e. The Bertz CT molecular complexity index is 496. The summed E-state index contributed by atoms with van der Waals surface area (Å²) in [6.45, 7) is 0. The number of aryl methyl sites for hydroxylation is 1. The van der Waals surface area contributed by atoms with Crippen molar-refractivity contribution in [3.05, 3.63) is 41.4 Å². The van der Waals surface area contributed by atoms with Crippen LogP contribution in [0.5, 0.6) is 0 Å². The van der Waals surface area contributed by atoms with Crippen molar-refractivity contribution in [1.29, 1.82) is 0 Å². The molecule has 0 saturated carbocycles. The number of aromatic nitrogens is 1. The third-order valence-corrected chi connectivity index (χ3v) is 3.04. The predicted molar refractivity (Wildman–Crippen MR) is 69.9 cm³/mol. The van der Waals surface area contributed by atoms with Crippen molar-refractivity contribution in [2.45, 2.75) is 12.8 Å². The number of benzene rings is 1. The molecule has 0 spiro atoms. The van der Waals surface area contributed by atoms with Gasteiger partial charge in [0.15, 0.2) is 5.13 Å². The fraction of sp³-hybridized carbons (Fsp3) is 0.167. The summed E-state index contributed by atoms with van der Waals surface area (Å²) >= 11 is 1.41. The van der Waals surface area contributed by atoms with E-state index in [1.54, 1.807) is 6.20 Å². The monoisotopic (exact) mass is 247 g/mol. The van der Waals surface area contributed by atoms with E-state index in [1.165, 1.54) is 11.3 Å². The Morgan fingerprint density at radius 1 is 1.41 bits per heavy atom. The maximum atomic E-state index is 11.6. The molecule has 1 amide bonds. The molecule has 1 aromatic heterocycles. The minimum atomic E-state index is -0.0387. The molecule has 4 nitrogen and oxygen atoms in total. The number of amides is 1. The summed E-state index contributed by atoms with van der Waals surface area (Å²) in [6.07, 6.45) is 2.72. The van der Waals surface area contributed by atoms with Crippen molar-refractivity contribution in [3.8, 4) is 0 Å². The standard InChI is InChI=1S/C12H13N3OS/c13-10-4-2-1-3-9(10)5-6-11(16)15-12-14-7-8-17-12/h1-4,7-8H,5-6,13H2,(H,14,15,16). The quantitative estimate of drug-likeness (QED) is 0.814. The maximum absolute atomic E-state index is 11.6. The summed E-state index contributed by atoms with van der Waals surface area (Å²) in [7, 11) is 0. The lowest BCUT2D eigenvalue weighted by Gasteiger charge is -2.04. The highest BCUT2D eigenvalue weighted by Gasteiger charge is 2.05. The molecular weight excluding hydrogens is 234 g/mol. The molecular formula is C12H13N3OS. The number of nitrogen functional groups attached to an aromatic ring is 1. The Labute approximate surface area is 103 Å². The van der Waals surface area contributed by atoms with Crippen molar-refractivity contribution < 1.29 is 4.79 Å². The number of thiazole rings is 1. The van der Waals surface area contributed by atoms with Crippen LogP contribution in [0.1, 0.15) is 12.0 Å². The molecule has 5 heteroatoms. The number of para-hydroxylation sites is 1. The van der Waals surface area contributed by atoms with Crippen LogP contribution in [0, 0.1) is 0 Å². The van der Waals surface area contributed by atoms with E-state index in [2.05, 4.69) is 10.3 Å². The molecule has 0 saturated heterocycles. The molecule has 0 bridgehead atoms. The summed E-state index contributed by atoms with van der Waals surface area (Å²) in [4.78, 5) is 15.6. The van der Waals surface area contributed by atoms with Gasteiger partial charge in [0.2, 0.25) is 5.91 Å². The van der Waals surface area contributed by atoms with Gasteiger partial charge >= 0.3 is 0 Å². The van der Waals surface area contributed by atoms with E-state index >= 15 is 0 Å². The van der Waals surface area contributed by atoms with Gasteiger partial charge in [-0.05, 0) is 18.1 Å². The molecule has 0 aliphatic rings. The number of nitrogens with two attached hydrogens (primary N) is 1. The molecule has 0 fully saturated rings. The van der Waals surface area contributed by atoms with Gasteiger partial charge in [-0.25, -0.2) is 4.98 Å². The first-order valence-electron chi connectivity index (χ1n) is 5.28. The van der Waals surface area contributed by atoms with Crippen LogP contribution in [0.2, 0.25) is 0 Å². The molecule has 0 atom stereocenters. The third-order valence-electron chi connectivity index (χ3n) is 2.36. The van der Waals surface area contributed by atoms with Crippen LogP contribution in [0.15, 0.2) is 35.8 Å². The van der Waals surface area contributed by atoms with Crippen LogP contribution in [0.4, 0.5) is 10.8 Å². The number of nitrogens with one attached hydrogen (secondary N) is 1. The molecule has 0 aliphatic carbocycles. The van der Waals surface area contributed by atoms with E-state index in [1.807, 2.05) is 29.6 Å². The SMILES string of the molecule is Nc1ccccc1CCC(=O)Nc1nccs1. The molecule has 88 valence electrons. The van der Waals surface area contributed by atoms with Crippen LogP contribution in [-0.2, 0) is 11.2 Å². The fourth-order valence-electron chi connectivity index (χ4n) is 1.48. The number of hydrogen-bond acceptors (Lipinski definition) is 4. The molecule has 1 heterocycles. The maximum Gasteiger partial charge on any atom is 0.226 e. The Kier molecular flexibility index (Phi) is 3.72. The van der Waals surface area contributed by atoms with Crippen molar-refractivity contribution in [1.82, 2.24) is 4.98 Å². The summed E-state index contributed by atoms with van der Waals surface area (Å²) in [5.41, 5.74) is 7.53. The van der Waals surface area contributed by atoms with Crippen LogP contribution in [0.3, 0.4) is 0 Å². The van der Waals surface area contributed by atoms with Crippen LogP contribution in [-0.4, -0.2) is 10.9 Å². The van der Waals surface area contributed by atoms with Crippen LogP contribution < -0.4 is 11.1 Å². The third kappa shape index (κ3) is 3.29. The predicted octanol–water partition coefficient (Wildman–Crippen LogP) is 2.30. The van der Waals surface area contributed by atoms with Gasteiger partial charge in [0.1, 0.15) is 0 Å². The number of rotatable bonds is 4. The van der Waals surface area contributed by atoms with Gasteiger partial charge in [0.25, 0.3) is 0 Å². The second-order valence-corrected chi connectivity index (χ2v) is 4.48. The van der Waals surface area contributed by atoms with Crippen molar-refractivity contribution >= 4 is 28.1 Å². The second-order valence-electron chi connectivity index (χ2n) is 3.58. The highest BCUT2D eigenvalue weighted by atomic mass is 32.1. The van der Waals surface area contributed by atoms with Gasteiger partial charge in [0, 0.05) is 23.7 Å². The average molecular weight is 247 g/mol. The van der Waals surface area contributed by atoms with E-state index in [-0.39, 0.29) is 5.91 Å². The minimum absolute atomic E-state index is 0.0387. The number of anilines is 2. The lowest BCUT2D eigenvalue weighted by molar-refractivity contribution is -0.116. The summed E-state index contributed by atoms with van der Waals surface area (Å²) < 4.78 is 0. The summed E-state index contributed by atoms with van der Waals surface area (Å²) in [5, 5.41) is 5.20. The van der Waals surface area contributed by atoms with Gasteiger partial charge < -0.3 is 11.1 Å². The normalized spacial score (nSPS) is 10.1. The summed E-state index contributed by atoms with van der Waals surface area (Å²) in [5.74, 6) is -0.0387. The Morgan fingerprint density at radius 3 is 2.94 bits per heavy atom. The highest BCUT2D eigenvalue weighted by molar-refractivity contribution is 7.13. The van der Waals surface area contributed by atoms with Gasteiger partial charge in [-0.15, -0.1) is 11.3 Å². The van der Waals surface area contributed by atoms with Crippen molar-refractivity contribution in [2.75, 3.05) is 11.1 Å². The van der Waals surface area contributed by atoms with E-state index < -0.39 is 0 Å². The zero-order chi connectivity index (χ0) is 12.1. The van der Waals surface area contributed by atoms with Gasteiger partial charge in [-0.2, -0.15) is 0 Å². The first-order chi connectivity index (χ1) is 8.25. The molecule has 3 N–H and O–H groups in total. The Hall–Kier alpha value is -1.88. The topological polar surface area (TPSA) is 68.0 Å². The van der Waals surface area contributed by atoms with E-state index in [9.17, 15) is 4.79 Å². The van der Waals surface area contributed by atoms with Gasteiger partial charge in [-0.1, -0.05) is 18.2 Å². The lowest BCUT2D eigenvalue weighted by atomic mass is 10.1. The number of hydrogen-bond donors (Lipinski definition) is 2. The van der Waals surface area contributed by atoms with Gasteiger partial charge in [0.05, 0.1) is 0 Å². The zero-order valence-corrected chi connectivity index (χ0v) is 10.0. The number of nitrogens with zero attached hydrogens (tertiary/aromatic N) is 1. The molecule has 2 aromatic rings. The summed E-state index contributed by atoms with van der Waals surface area (Å²) in [6, 6.07) is 7.58. The van der Waals surface area contributed by atoms with Gasteiger partial charge in [-0.3, -0.25) is 4.79 Å².